The molecule has 1 aromatic heterocycles. The van der Waals surface area contributed by atoms with Gasteiger partial charge >= 0.3 is 0 Å². The maximum atomic E-state index is 12.4. The highest BCUT2D eigenvalue weighted by Crippen LogP contribution is 2.37. The molecule has 1 aliphatic carbocycles. The SMILES string of the molecule is Nc1nc(-c2ccc3c(c2)CCCN3C(=O)C2CC2)cs1. The van der Waals surface area contributed by atoms with Crippen molar-refractivity contribution in [2.75, 3.05) is 17.2 Å². The second kappa shape index (κ2) is 4.84. The number of hydrogen-bond acceptors (Lipinski definition) is 4. The largest absolute Gasteiger partial charge is 0.375 e. The number of anilines is 2. The molecule has 2 heterocycles. The van der Waals surface area contributed by atoms with Gasteiger partial charge in [0.1, 0.15) is 0 Å². The zero-order valence-corrected chi connectivity index (χ0v) is 12.5. The van der Waals surface area contributed by atoms with Crippen LogP contribution in [-0.4, -0.2) is 17.4 Å². The normalized spacial score (nSPS) is 17.6. The summed E-state index contributed by atoms with van der Waals surface area (Å²) in [4.78, 5) is 18.7. The van der Waals surface area contributed by atoms with Crippen molar-refractivity contribution in [2.24, 2.45) is 5.92 Å². The maximum absolute atomic E-state index is 12.4. The molecule has 2 N–H and O–H groups in total. The maximum Gasteiger partial charge on any atom is 0.230 e. The van der Waals surface area contributed by atoms with E-state index < -0.39 is 0 Å². The lowest BCUT2D eigenvalue weighted by molar-refractivity contribution is -0.119. The van der Waals surface area contributed by atoms with Crippen LogP contribution in [0.4, 0.5) is 10.8 Å². The number of nitrogen functional groups attached to an aromatic ring is 1. The predicted molar refractivity (Wildman–Crippen MR) is 85.4 cm³/mol. The Hall–Kier alpha value is -1.88. The molecule has 1 fully saturated rings. The zero-order valence-electron chi connectivity index (χ0n) is 11.7. The monoisotopic (exact) mass is 299 g/mol. The lowest BCUT2D eigenvalue weighted by Gasteiger charge is -2.30. The van der Waals surface area contributed by atoms with Crippen LogP contribution in [0.3, 0.4) is 0 Å². The number of nitrogens with zero attached hydrogens (tertiary/aromatic N) is 2. The Morgan fingerprint density at radius 2 is 2.24 bits per heavy atom. The van der Waals surface area contributed by atoms with Crippen LogP contribution >= 0.6 is 11.3 Å². The number of nitrogens with two attached hydrogens (primary N) is 1. The lowest BCUT2D eigenvalue weighted by Crippen LogP contribution is -2.36. The molecule has 0 atom stereocenters. The Kier molecular flexibility index (Phi) is 2.96. The van der Waals surface area contributed by atoms with Crippen LogP contribution in [-0.2, 0) is 11.2 Å². The van der Waals surface area contributed by atoms with Gasteiger partial charge in [-0.05, 0) is 43.4 Å². The van der Waals surface area contributed by atoms with Crippen molar-refractivity contribution in [3.63, 3.8) is 0 Å². The van der Waals surface area contributed by atoms with E-state index >= 15 is 0 Å². The molecule has 21 heavy (non-hydrogen) atoms. The molecule has 2 aromatic rings. The van der Waals surface area contributed by atoms with Gasteiger partial charge in [-0.3, -0.25) is 4.79 Å². The van der Waals surface area contributed by atoms with Crippen molar-refractivity contribution in [2.45, 2.75) is 25.7 Å². The predicted octanol–water partition coefficient (Wildman–Crippen LogP) is 3.08. The summed E-state index contributed by atoms with van der Waals surface area (Å²) in [6.45, 7) is 0.853. The van der Waals surface area contributed by atoms with Gasteiger partial charge in [-0.1, -0.05) is 6.07 Å². The first-order chi connectivity index (χ1) is 10.2. The molecule has 108 valence electrons. The van der Waals surface area contributed by atoms with E-state index in [0.29, 0.717) is 11.0 Å². The molecule has 1 aliphatic heterocycles. The third-order valence-electron chi connectivity index (χ3n) is 4.21. The number of fused-ring (bicyclic) bond motifs is 1. The highest BCUT2D eigenvalue weighted by atomic mass is 32.1. The molecule has 4 nitrogen and oxygen atoms in total. The second-order valence-electron chi connectivity index (χ2n) is 5.78. The third-order valence-corrected chi connectivity index (χ3v) is 4.88. The van der Waals surface area contributed by atoms with E-state index in [1.54, 1.807) is 0 Å². The number of carbonyl (C=O) groups excluding carboxylic acids is 1. The zero-order chi connectivity index (χ0) is 14.4. The first-order valence-electron chi connectivity index (χ1n) is 7.38. The van der Waals surface area contributed by atoms with Gasteiger partial charge < -0.3 is 10.6 Å². The molecule has 1 amide bonds. The Morgan fingerprint density at radius 3 is 2.95 bits per heavy atom. The van der Waals surface area contributed by atoms with E-state index in [0.717, 1.165) is 49.2 Å². The summed E-state index contributed by atoms with van der Waals surface area (Å²) < 4.78 is 0. The van der Waals surface area contributed by atoms with Crippen LogP contribution in [0.1, 0.15) is 24.8 Å². The molecule has 0 bridgehead atoms. The van der Waals surface area contributed by atoms with E-state index in [2.05, 4.69) is 17.1 Å². The van der Waals surface area contributed by atoms with Crippen molar-refractivity contribution in [1.29, 1.82) is 0 Å². The molecule has 2 aliphatic rings. The summed E-state index contributed by atoms with van der Waals surface area (Å²) in [7, 11) is 0. The van der Waals surface area contributed by atoms with Gasteiger partial charge in [-0.15, -0.1) is 11.3 Å². The van der Waals surface area contributed by atoms with Gasteiger partial charge in [0.25, 0.3) is 0 Å². The standard InChI is InChI=1S/C16H17N3OS/c17-16-18-13(9-21-16)11-5-6-14-12(8-11)2-1-7-19(14)15(20)10-3-4-10/h5-6,8-10H,1-4,7H2,(H2,17,18). The summed E-state index contributed by atoms with van der Waals surface area (Å²) in [5.74, 6) is 0.579. The van der Waals surface area contributed by atoms with Crippen molar-refractivity contribution in [3.05, 3.63) is 29.1 Å². The number of aromatic nitrogens is 1. The van der Waals surface area contributed by atoms with Gasteiger partial charge in [0.05, 0.1) is 5.69 Å². The average molecular weight is 299 g/mol. The smallest absolute Gasteiger partial charge is 0.230 e. The van der Waals surface area contributed by atoms with E-state index in [1.807, 2.05) is 16.3 Å². The second-order valence-corrected chi connectivity index (χ2v) is 6.67. The summed E-state index contributed by atoms with van der Waals surface area (Å²) in [5.41, 5.74) is 10.1. The molecule has 0 saturated heterocycles. The fourth-order valence-electron chi connectivity index (χ4n) is 2.96. The van der Waals surface area contributed by atoms with E-state index in [9.17, 15) is 4.79 Å². The van der Waals surface area contributed by atoms with Crippen LogP contribution < -0.4 is 10.6 Å². The van der Waals surface area contributed by atoms with Crippen molar-refractivity contribution in [1.82, 2.24) is 4.98 Å². The summed E-state index contributed by atoms with van der Waals surface area (Å²) in [6, 6.07) is 6.28. The highest BCUT2D eigenvalue weighted by Gasteiger charge is 2.35. The first kappa shape index (κ1) is 12.8. The van der Waals surface area contributed by atoms with Gasteiger partial charge in [0.2, 0.25) is 5.91 Å². The topological polar surface area (TPSA) is 59.2 Å². The highest BCUT2D eigenvalue weighted by molar-refractivity contribution is 7.13. The van der Waals surface area contributed by atoms with Crippen LogP contribution in [0.15, 0.2) is 23.6 Å². The van der Waals surface area contributed by atoms with Gasteiger partial charge in [-0.25, -0.2) is 4.98 Å². The van der Waals surface area contributed by atoms with Gasteiger partial charge in [0.15, 0.2) is 5.13 Å². The van der Waals surface area contributed by atoms with Gasteiger partial charge in [-0.2, -0.15) is 0 Å². The minimum absolute atomic E-state index is 0.272. The van der Waals surface area contributed by atoms with E-state index in [-0.39, 0.29) is 5.92 Å². The Balaban J connectivity index is 1.69. The fraction of sp³-hybridized carbons (Fsp3) is 0.375. The molecular weight excluding hydrogens is 282 g/mol. The Bertz CT molecular complexity index is 705. The van der Waals surface area contributed by atoms with Crippen LogP contribution in [0.25, 0.3) is 11.3 Å². The third kappa shape index (κ3) is 2.31. The van der Waals surface area contributed by atoms with E-state index in [1.165, 1.54) is 16.9 Å². The molecular formula is C16H17N3OS. The first-order valence-corrected chi connectivity index (χ1v) is 8.26. The molecule has 0 unspecified atom stereocenters. The number of amides is 1. The Morgan fingerprint density at radius 1 is 1.38 bits per heavy atom. The number of rotatable bonds is 2. The van der Waals surface area contributed by atoms with Crippen LogP contribution in [0.5, 0.6) is 0 Å². The minimum atomic E-state index is 0.272. The van der Waals surface area contributed by atoms with Crippen LogP contribution in [0.2, 0.25) is 0 Å². The quantitative estimate of drug-likeness (QED) is 0.927. The minimum Gasteiger partial charge on any atom is -0.375 e. The summed E-state index contributed by atoms with van der Waals surface area (Å²) in [6.07, 6.45) is 4.17. The molecule has 5 heteroatoms. The van der Waals surface area contributed by atoms with Crippen molar-refractivity contribution < 1.29 is 4.79 Å². The summed E-state index contributed by atoms with van der Waals surface area (Å²) in [5, 5.41) is 2.57. The number of hydrogen-bond donors (Lipinski definition) is 1. The average Bonchev–Trinajstić information content (AvgIpc) is 3.27. The number of aryl methyl sites for hydroxylation is 1. The van der Waals surface area contributed by atoms with Gasteiger partial charge in [0, 0.05) is 29.1 Å². The number of carbonyl (C=O) groups is 1. The Labute approximate surface area is 127 Å². The molecule has 4 rings (SSSR count). The fourth-order valence-corrected chi connectivity index (χ4v) is 3.53. The number of benzene rings is 1. The van der Waals surface area contributed by atoms with Crippen molar-refractivity contribution in [3.8, 4) is 11.3 Å². The lowest BCUT2D eigenvalue weighted by atomic mass is 9.98. The molecule has 0 radical (unpaired) electrons. The summed E-state index contributed by atoms with van der Waals surface area (Å²) >= 11 is 1.46. The van der Waals surface area contributed by atoms with Crippen molar-refractivity contribution >= 4 is 28.1 Å². The number of thiazole rings is 1. The molecule has 1 saturated carbocycles. The molecule has 1 aromatic carbocycles. The van der Waals surface area contributed by atoms with Crippen LogP contribution in [0, 0.1) is 5.92 Å². The van der Waals surface area contributed by atoms with E-state index in [4.69, 9.17) is 5.73 Å². The molecule has 0 spiro atoms.